The third kappa shape index (κ3) is 3.47. The maximum atomic E-state index is 10.2. The molecule has 0 aromatic rings. The van der Waals surface area contributed by atoms with Crippen LogP contribution in [-0.4, -0.2) is 22.5 Å². The van der Waals surface area contributed by atoms with Crippen molar-refractivity contribution in [1.29, 1.82) is 0 Å². The zero-order valence-electron chi connectivity index (χ0n) is 9.59. The van der Waals surface area contributed by atoms with Crippen LogP contribution in [0, 0.1) is 0 Å². The molecule has 0 aromatic carbocycles. The minimum atomic E-state index is -0.668. The van der Waals surface area contributed by atoms with Gasteiger partial charge in [0.1, 0.15) is 5.60 Å². The first-order valence-electron chi connectivity index (χ1n) is 5.29. The number of aliphatic imine (C=N–C) groups is 1. The Kier molecular flexibility index (Phi) is 5.23. The molecule has 0 radical (unpaired) electrons. The lowest BCUT2D eigenvalue weighted by atomic mass is 9.90. The van der Waals surface area contributed by atoms with Crippen LogP contribution in [0.1, 0.15) is 53.9 Å². The number of aliphatic hydroxyl groups is 1. The Morgan fingerprint density at radius 1 is 1.23 bits per heavy atom. The molecule has 1 N–H and O–H groups in total. The summed E-state index contributed by atoms with van der Waals surface area (Å²) in [5, 5.41) is 10.2. The zero-order valence-corrected chi connectivity index (χ0v) is 9.59. The lowest BCUT2D eigenvalue weighted by molar-refractivity contribution is 0.101. The van der Waals surface area contributed by atoms with E-state index in [-0.39, 0.29) is 6.04 Å². The van der Waals surface area contributed by atoms with Crippen LogP contribution in [0.25, 0.3) is 0 Å². The van der Waals surface area contributed by atoms with Gasteiger partial charge in [-0.3, -0.25) is 4.99 Å². The normalized spacial score (nSPS) is 13.9. The van der Waals surface area contributed by atoms with Crippen LogP contribution < -0.4 is 0 Å². The van der Waals surface area contributed by atoms with Crippen LogP contribution in [0.5, 0.6) is 0 Å². The number of nitrogens with zero attached hydrogens (tertiary/aromatic N) is 1. The topological polar surface area (TPSA) is 32.6 Å². The Bertz CT molecular complexity index is 169. The molecule has 0 unspecified atom stereocenters. The Labute approximate surface area is 82.1 Å². The molecule has 0 aliphatic rings. The highest BCUT2D eigenvalue weighted by molar-refractivity contribution is 5.92. The van der Waals surface area contributed by atoms with E-state index in [0.29, 0.717) is 0 Å². The third-order valence-electron chi connectivity index (χ3n) is 2.46. The van der Waals surface area contributed by atoms with Crippen molar-refractivity contribution in [3.05, 3.63) is 0 Å². The zero-order chi connectivity index (χ0) is 10.5. The summed E-state index contributed by atoms with van der Waals surface area (Å²) in [6.07, 6.45) is 2.35. The van der Waals surface area contributed by atoms with E-state index in [1.165, 1.54) is 0 Å². The van der Waals surface area contributed by atoms with E-state index in [4.69, 9.17) is 0 Å². The standard InChI is InChI=1S/C11H23NO/c1-6-10(12-9(4)5)11(13,7-2)8-3/h9,13H,6-8H2,1-5H3. The van der Waals surface area contributed by atoms with Gasteiger partial charge in [0.2, 0.25) is 0 Å². The molecule has 0 amide bonds. The van der Waals surface area contributed by atoms with Gasteiger partial charge in [0, 0.05) is 11.8 Å². The molecule has 0 aliphatic heterocycles. The predicted molar refractivity (Wildman–Crippen MR) is 58.4 cm³/mol. The average molecular weight is 185 g/mol. The number of rotatable bonds is 5. The summed E-state index contributed by atoms with van der Waals surface area (Å²) >= 11 is 0. The lowest BCUT2D eigenvalue weighted by Crippen LogP contribution is -2.37. The fourth-order valence-electron chi connectivity index (χ4n) is 1.51. The molecule has 0 bridgehead atoms. The van der Waals surface area contributed by atoms with Gasteiger partial charge in [-0.2, -0.15) is 0 Å². The Hall–Kier alpha value is -0.370. The summed E-state index contributed by atoms with van der Waals surface area (Å²) in [6, 6.07) is 0.277. The maximum absolute atomic E-state index is 10.2. The van der Waals surface area contributed by atoms with Crippen LogP contribution >= 0.6 is 0 Å². The molecule has 2 nitrogen and oxygen atoms in total. The SMILES string of the molecule is CCC(=NC(C)C)C(O)(CC)CC. The molecular weight excluding hydrogens is 162 g/mol. The summed E-state index contributed by atoms with van der Waals surface area (Å²) < 4.78 is 0. The quantitative estimate of drug-likeness (QED) is 0.656. The van der Waals surface area contributed by atoms with Gasteiger partial charge in [0.05, 0.1) is 0 Å². The molecule has 0 aromatic heterocycles. The van der Waals surface area contributed by atoms with E-state index in [1.54, 1.807) is 0 Å². The first-order valence-corrected chi connectivity index (χ1v) is 5.29. The first kappa shape index (κ1) is 12.6. The molecule has 78 valence electrons. The van der Waals surface area contributed by atoms with Crippen molar-refractivity contribution in [3.63, 3.8) is 0 Å². The highest BCUT2D eigenvalue weighted by Gasteiger charge is 2.27. The fourth-order valence-corrected chi connectivity index (χ4v) is 1.51. The molecule has 2 heteroatoms. The minimum absolute atomic E-state index is 0.277. The second-order valence-corrected chi connectivity index (χ2v) is 3.76. The summed E-state index contributed by atoms with van der Waals surface area (Å²) in [5.74, 6) is 0. The van der Waals surface area contributed by atoms with Gasteiger partial charge in [0.25, 0.3) is 0 Å². The fraction of sp³-hybridized carbons (Fsp3) is 0.909. The summed E-state index contributed by atoms with van der Waals surface area (Å²) in [7, 11) is 0. The Balaban J connectivity index is 4.72. The average Bonchev–Trinajstić information content (AvgIpc) is 2.12. The molecule has 0 saturated heterocycles. The van der Waals surface area contributed by atoms with Gasteiger partial charge in [0.15, 0.2) is 0 Å². The molecular formula is C11H23NO. The monoisotopic (exact) mass is 185 g/mol. The first-order chi connectivity index (χ1) is 6.00. The molecule has 0 saturated carbocycles. The highest BCUT2D eigenvalue weighted by atomic mass is 16.3. The number of hydrogen-bond acceptors (Lipinski definition) is 2. The number of hydrogen-bond donors (Lipinski definition) is 1. The molecule has 0 spiro atoms. The van der Waals surface area contributed by atoms with E-state index < -0.39 is 5.60 Å². The van der Waals surface area contributed by atoms with Crippen molar-refractivity contribution in [3.8, 4) is 0 Å². The van der Waals surface area contributed by atoms with E-state index in [1.807, 2.05) is 27.7 Å². The molecule has 0 atom stereocenters. The van der Waals surface area contributed by atoms with Crippen molar-refractivity contribution in [2.75, 3.05) is 0 Å². The van der Waals surface area contributed by atoms with Crippen LogP contribution in [0.15, 0.2) is 4.99 Å². The van der Waals surface area contributed by atoms with Crippen molar-refractivity contribution >= 4 is 5.71 Å². The maximum Gasteiger partial charge on any atom is 0.102 e. The van der Waals surface area contributed by atoms with E-state index in [2.05, 4.69) is 11.9 Å². The Morgan fingerprint density at radius 3 is 1.92 bits per heavy atom. The van der Waals surface area contributed by atoms with Gasteiger partial charge < -0.3 is 5.11 Å². The van der Waals surface area contributed by atoms with Crippen LogP contribution in [0.4, 0.5) is 0 Å². The van der Waals surface area contributed by atoms with Crippen molar-refractivity contribution < 1.29 is 5.11 Å². The minimum Gasteiger partial charge on any atom is -0.384 e. The van der Waals surface area contributed by atoms with Crippen molar-refractivity contribution in [2.45, 2.75) is 65.5 Å². The van der Waals surface area contributed by atoms with Crippen LogP contribution in [-0.2, 0) is 0 Å². The van der Waals surface area contributed by atoms with Crippen LogP contribution in [0.3, 0.4) is 0 Å². The van der Waals surface area contributed by atoms with Crippen molar-refractivity contribution in [2.24, 2.45) is 4.99 Å². The Morgan fingerprint density at radius 2 is 1.69 bits per heavy atom. The van der Waals surface area contributed by atoms with E-state index in [0.717, 1.165) is 25.0 Å². The molecule has 13 heavy (non-hydrogen) atoms. The molecule has 0 fully saturated rings. The van der Waals surface area contributed by atoms with E-state index in [9.17, 15) is 5.11 Å². The second-order valence-electron chi connectivity index (χ2n) is 3.76. The second kappa shape index (κ2) is 5.38. The predicted octanol–water partition coefficient (Wildman–Crippen LogP) is 2.80. The third-order valence-corrected chi connectivity index (χ3v) is 2.46. The summed E-state index contributed by atoms with van der Waals surface area (Å²) in [4.78, 5) is 4.48. The molecule has 0 rings (SSSR count). The lowest BCUT2D eigenvalue weighted by Gasteiger charge is -2.27. The smallest absolute Gasteiger partial charge is 0.102 e. The van der Waals surface area contributed by atoms with Gasteiger partial charge in [-0.25, -0.2) is 0 Å². The summed E-state index contributed by atoms with van der Waals surface area (Å²) in [6.45, 7) is 10.2. The molecule has 0 heterocycles. The van der Waals surface area contributed by atoms with E-state index >= 15 is 0 Å². The van der Waals surface area contributed by atoms with Gasteiger partial charge in [-0.15, -0.1) is 0 Å². The van der Waals surface area contributed by atoms with Crippen molar-refractivity contribution in [1.82, 2.24) is 0 Å². The van der Waals surface area contributed by atoms with Gasteiger partial charge >= 0.3 is 0 Å². The van der Waals surface area contributed by atoms with Gasteiger partial charge in [-0.1, -0.05) is 20.8 Å². The largest absolute Gasteiger partial charge is 0.384 e. The summed E-state index contributed by atoms with van der Waals surface area (Å²) in [5.41, 5.74) is 0.284. The highest BCUT2D eigenvalue weighted by Crippen LogP contribution is 2.19. The van der Waals surface area contributed by atoms with Crippen LogP contribution in [0.2, 0.25) is 0 Å². The molecule has 0 aliphatic carbocycles. The van der Waals surface area contributed by atoms with Gasteiger partial charge in [-0.05, 0) is 33.1 Å².